The van der Waals surface area contributed by atoms with Gasteiger partial charge in [0.2, 0.25) is 0 Å². The van der Waals surface area contributed by atoms with E-state index in [4.69, 9.17) is 23.2 Å². The Labute approximate surface area is 119 Å². The lowest BCUT2D eigenvalue weighted by Gasteiger charge is -2.23. The molecule has 1 aromatic rings. The summed E-state index contributed by atoms with van der Waals surface area (Å²) < 4.78 is 87.4. The van der Waals surface area contributed by atoms with Crippen LogP contribution in [0, 0.1) is 6.07 Å². The van der Waals surface area contributed by atoms with Crippen molar-refractivity contribution in [2.24, 2.45) is 0 Å². The third-order valence-corrected chi connectivity index (χ3v) is 2.81. The van der Waals surface area contributed by atoms with Gasteiger partial charge in [-0.05, 0) is 17.7 Å². The summed E-state index contributed by atoms with van der Waals surface area (Å²) in [7, 11) is 0. The van der Waals surface area contributed by atoms with E-state index in [0.29, 0.717) is 0 Å². The van der Waals surface area contributed by atoms with E-state index in [0.717, 1.165) is 12.1 Å². The van der Waals surface area contributed by atoms with Gasteiger partial charge in [-0.1, -0.05) is 23.2 Å². The van der Waals surface area contributed by atoms with Gasteiger partial charge in [-0.25, -0.2) is 4.39 Å². The maximum Gasteiger partial charge on any atom is 0.419 e. The number of alkyl halides is 7. The third-order valence-electron chi connectivity index (χ3n) is 2.39. The van der Waals surface area contributed by atoms with E-state index in [-0.39, 0.29) is 10.0 Å². The molecular formula is C11H6Cl2F7. The van der Waals surface area contributed by atoms with E-state index in [2.05, 4.69) is 0 Å². The minimum atomic E-state index is -5.37. The SMILES string of the molecule is FC(CC(c1[c]c(Cl)cc(Cl)c1)C(F)(F)F)C(F)(F)F. The van der Waals surface area contributed by atoms with Crippen molar-refractivity contribution >= 4 is 23.2 Å². The maximum atomic E-state index is 12.9. The molecule has 113 valence electrons. The Morgan fingerprint density at radius 1 is 1.00 bits per heavy atom. The Kier molecular flexibility index (Phi) is 5.18. The molecule has 0 fully saturated rings. The predicted molar refractivity (Wildman–Crippen MR) is 59.7 cm³/mol. The largest absolute Gasteiger partial charge is 0.419 e. The van der Waals surface area contributed by atoms with Gasteiger partial charge in [0, 0.05) is 17.5 Å². The topological polar surface area (TPSA) is 0 Å². The molecular weight excluding hydrogens is 336 g/mol. The number of hydrogen-bond acceptors (Lipinski definition) is 0. The van der Waals surface area contributed by atoms with Crippen molar-refractivity contribution in [1.82, 2.24) is 0 Å². The van der Waals surface area contributed by atoms with Crippen molar-refractivity contribution in [1.29, 1.82) is 0 Å². The van der Waals surface area contributed by atoms with Crippen LogP contribution in [0.3, 0.4) is 0 Å². The summed E-state index contributed by atoms with van der Waals surface area (Å²) in [6.07, 6.45) is -15.9. The molecule has 0 N–H and O–H groups in total. The normalized spacial score (nSPS) is 16.1. The third kappa shape index (κ3) is 4.70. The zero-order valence-electron chi connectivity index (χ0n) is 9.42. The quantitative estimate of drug-likeness (QED) is 0.616. The molecule has 1 rings (SSSR count). The molecule has 0 heterocycles. The molecule has 0 aliphatic rings. The fourth-order valence-corrected chi connectivity index (χ4v) is 2.00. The Morgan fingerprint density at radius 3 is 1.95 bits per heavy atom. The second-order valence-corrected chi connectivity index (χ2v) is 4.78. The smallest absolute Gasteiger partial charge is 0.237 e. The molecule has 0 saturated carbocycles. The summed E-state index contributed by atoms with van der Waals surface area (Å²) in [5.41, 5.74) is -0.734. The van der Waals surface area contributed by atoms with E-state index < -0.39 is 36.4 Å². The average Bonchev–Trinajstić information content (AvgIpc) is 2.20. The summed E-state index contributed by atoms with van der Waals surface area (Å²) in [4.78, 5) is 0. The van der Waals surface area contributed by atoms with Gasteiger partial charge in [0.25, 0.3) is 0 Å². The molecule has 0 spiro atoms. The van der Waals surface area contributed by atoms with Gasteiger partial charge in [0.1, 0.15) is 0 Å². The molecule has 0 aromatic heterocycles. The number of hydrogen-bond donors (Lipinski definition) is 0. The van der Waals surface area contributed by atoms with Crippen LogP contribution in [0.2, 0.25) is 10.0 Å². The van der Waals surface area contributed by atoms with Gasteiger partial charge in [-0.15, -0.1) is 0 Å². The van der Waals surface area contributed by atoms with E-state index >= 15 is 0 Å². The van der Waals surface area contributed by atoms with Gasteiger partial charge in [-0.3, -0.25) is 0 Å². The van der Waals surface area contributed by atoms with E-state index in [9.17, 15) is 30.7 Å². The Hall–Kier alpha value is -0.690. The molecule has 0 aliphatic heterocycles. The first-order valence-corrected chi connectivity index (χ1v) is 5.82. The molecule has 1 radical (unpaired) electrons. The first-order chi connectivity index (χ1) is 8.91. The molecule has 2 atom stereocenters. The molecule has 20 heavy (non-hydrogen) atoms. The zero-order chi connectivity index (χ0) is 15.7. The molecule has 2 unspecified atom stereocenters. The van der Waals surface area contributed by atoms with Crippen LogP contribution in [-0.2, 0) is 0 Å². The van der Waals surface area contributed by atoms with Crippen LogP contribution in [0.5, 0.6) is 0 Å². The highest BCUT2D eigenvalue weighted by Crippen LogP contribution is 2.42. The highest BCUT2D eigenvalue weighted by molar-refractivity contribution is 6.34. The number of rotatable bonds is 3. The second kappa shape index (κ2) is 5.97. The molecule has 1 aromatic carbocycles. The molecule has 0 aliphatic carbocycles. The fourth-order valence-electron chi connectivity index (χ4n) is 1.49. The summed E-state index contributed by atoms with van der Waals surface area (Å²) in [5, 5.41) is -0.510. The van der Waals surface area contributed by atoms with Crippen LogP contribution in [0.25, 0.3) is 0 Å². The van der Waals surface area contributed by atoms with E-state index in [1.165, 1.54) is 0 Å². The minimum absolute atomic E-state index is 0.208. The van der Waals surface area contributed by atoms with Crippen LogP contribution in [0.15, 0.2) is 12.1 Å². The van der Waals surface area contributed by atoms with Crippen molar-refractivity contribution in [3.8, 4) is 0 Å². The predicted octanol–water partition coefficient (Wildman–Crippen LogP) is 5.73. The van der Waals surface area contributed by atoms with Crippen LogP contribution < -0.4 is 0 Å². The maximum absolute atomic E-state index is 12.9. The second-order valence-electron chi connectivity index (χ2n) is 3.94. The highest BCUT2D eigenvalue weighted by atomic mass is 35.5. The first kappa shape index (κ1) is 17.4. The van der Waals surface area contributed by atoms with Gasteiger partial charge in [-0.2, -0.15) is 26.3 Å². The highest BCUT2D eigenvalue weighted by Gasteiger charge is 2.48. The lowest BCUT2D eigenvalue weighted by Crippen LogP contribution is -2.31. The Bertz CT molecular complexity index is 447. The van der Waals surface area contributed by atoms with Crippen LogP contribution in [0.4, 0.5) is 30.7 Å². The molecule has 0 amide bonds. The van der Waals surface area contributed by atoms with Crippen molar-refractivity contribution in [2.75, 3.05) is 0 Å². The van der Waals surface area contributed by atoms with Gasteiger partial charge in [0.05, 0.1) is 10.9 Å². The average molecular weight is 342 g/mol. The van der Waals surface area contributed by atoms with Crippen molar-refractivity contribution in [3.63, 3.8) is 0 Å². The molecule has 0 bridgehead atoms. The first-order valence-electron chi connectivity index (χ1n) is 5.07. The summed E-state index contributed by atoms with van der Waals surface area (Å²) in [6.45, 7) is 0. The van der Waals surface area contributed by atoms with Crippen molar-refractivity contribution < 1.29 is 30.7 Å². The minimum Gasteiger partial charge on any atom is -0.237 e. The van der Waals surface area contributed by atoms with Crippen LogP contribution >= 0.6 is 23.2 Å². The summed E-state index contributed by atoms with van der Waals surface area (Å²) >= 11 is 10.9. The summed E-state index contributed by atoms with van der Waals surface area (Å²) in [6, 6.07) is 3.86. The standard InChI is InChI=1S/C11H6Cl2F7/c12-6-1-5(2-7(13)3-6)8(10(15,16)17)4-9(14)11(18,19)20/h1,3,8-9H,4H2. The Morgan fingerprint density at radius 2 is 1.55 bits per heavy atom. The number of benzene rings is 1. The van der Waals surface area contributed by atoms with E-state index in [1.807, 2.05) is 6.07 Å². The monoisotopic (exact) mass is 341 g/mol. The van der Waals surface area contributed by atoms with Crippen molar-refractivity contribution in [3.05, 3.63) is 33.8 Å². The van der Waals surface area contributed by atoms with Gasteiger partial charge >= 0.3 is 12.4 Å². The summed E-state index contributed by atoms with van der Waals surface area (Å²) in [5.74, 6) is -2.70. The molecule has 0 saturated heterocycles. The van der Waals surface area contributed by atoms with E-state index in [1.54, 1.807) is 0 Å². The zero-order valence-corrected chi connectivity index (χ0v) is 10.9. The number of halogens is 9. The fraction of sp³-hybridized carbons (Fsp3) is 0.455. The van der Waals surface area contributed by atoms with Gasteiger partial charge in [0.15, 0.2) is 6.17 Å². The van der Waals surface area contributed by atoms with Crippen molar-refractivity contribution in [2.45, 2.75) is 30.9 Å². The van der Waals surface area contributed by atoms with Crippen LogP contribution in [-0.4, -0.2) is 18.5 Å². The lowest BCUT2D eigenvalue weighted by molar-refractivity contribution is -0.200. The molecule has 9 heteroatoms. The van der Waals surface area contributed by atoms with Gasteiger partial charge < -0.3 is 0 Å². The van der Waals surface area contributed by atoms with Crippen LogP contribution in [0.1, 0.15) is 17.9 Å². The lowest BCUT2D eigenvalue weighted by atomic mass is 9.92. The Balaban J connectivity index is 3.14. The molecule has 0 nitrogen and oxygen atoms in total.